The van der Waals surface area contributed by atoms with Crippen molar-refractivity contribution in [1.29, 1.82) is 0 Å². The standard InChI is InChI=1S/C26H30O7/c1-3-25(27)32-18-8-6-5-7-17-30-23-13-15-24(16-14-23)33-26(28)21-9-11-22(12-10-21)31-20-19-29-4-2/h3-4,9-16H,1-2,5-8,17-20H2. The molecular weight excluding hydrogens is 424 g/mol. The van der Waals surface area contributed by atoms with Crippen LogP contribution >= 0.6 is 0 Å². The summed E-state index contributed by atoms with van der Waals surface area (Å²) >= 11 is 0. The van der Waals surface area contributed by atoms with Crippen LogP contribution in [0.15, 0.2) is 74.0 Å². The van der Waals surface area contributed by atoms with Gasteiger partial charge in [-0.15, -0.1) is 0 Å². The molecule has 0 saturated heterocycles. The highest BCUT2D eigenvalue weighted by Gasteiger charge is 2.09. The fraction of sp³-hybridized carbons (Fsp3) is 0.308. The molecule has 0 amide bonds. The molecule has 0 N–H and O–H groups in total. The first-order chi connectivity index (χ1) is 16.1. The number of carbonyl (C=O) groups is 2. The van der Waals surface area contributed by atoms with Crippen LogP contribution in [0.4, 0.5) is 0 Å². The van der Waals surface area contributed by atoms with E-state index in [-0.39, 0.29) is 5.97 Å². The van der Waals surface area contributed by atoms with E-state index in [4.69, 9.17) is 23.7 Å². The zero-order chi connectivity index (χ0) is 23.7. The van der Waals surface area contributed by atoms with E-state index < -0.39 is 5.97 Å². The highest BCUT2D eigenvalue weighted by molar-refractivity contribution is 5.91. The van der Waals surface area contributed by atoms with Crippen LogP contribution in [0.5, 0.6) is 17.2 Å². The lowest BCUT2D eigenvalue weighted by atomic mass is 10.2. The maximum atomic E-state index is 12.3. The van der Waals surface area contributed by atoms with E-state index in [0.717, 1.165) is 31.8 Å². The Morgan fingerprint density at radius 1 is 0.697 bits per heavy atom. The summed E-state index contributed by atoms with van der Waals surface area (Å²) < 4.78 is 26.5. The van der Waals surface area contributed by atoms with Crippen LogP contribution < -0.4 is 14.2 Å². The van der Waals surface area contributed by atoms with Gasteiger partial charge in [-0.2, -0.15) is 0 Å². The van der Waals surface area contributed by atoms with Crippen molar-refractivity contribution >= 4 is 11.9 Å². The maximum Gasteiger partial charge on any atom is 0.343 e. The van der Waals surface area contributed by atoms with Gasteiger partial charge in [0.1, 0.15) is 30.5 Å². The molecule has 2 aromatic rings. The molecule has 0 fully saturated rings. The summed E-state index contributed by atoms with van der Waals surface area (Å²) in [5, 5.41) is 0. The van der Waals surface area contributed by atoms with Gasteiger partial charge in [-0.3, -0.25) is 0 Å². The molecule has 0 aromatic heterocycles. The Bertz CT molecular complexity index is 873. The van der Waals surface area contributed by atoms with Crippen molar-refractivity contribution < 1.29 is 33.3 Å². The Labute approximate surface area is 194 Å². The zero-order valence-electron chi connectivity index (χ0n) is 18.7. The summed E-state index contributed by atoms with van der Waals surface area (Å²) in [5.74, 6) is 0.933. The van der Waals surface area contributed by atoms with Crippen molar-refractivity contribution in [1.82, 2.24) is 0 Å². The first-order valence-corrected chi connectivity index (χ1v) is 10.8. The molecule has 0 bridgehead atoms. The van der Waals surface area contributed by atoms with Crippen LogP contribution in [0.2, 0.25) is 0 Å². The number of carbonyl (C=O) groups excluding carboxylic acids is 2. The molecule has 176 valence electrons. The Hall–Kier alpha value is -3.74. The third-order valence-corrected chi connectivity index (χ3v) is 4.43. The number of rotatable bonds is 16. The minimum Gasteiger partial charge on any atom is -0.498 e. The van der Waals surface area contributed by atoms with E-state index in [9.17, 15) is 9.59 Å². The Kier molecular flexibility index (Phi) is 11.7. The molecule has 0 saturated carbocycles. The van der Waals surface area contributed by atoms with Crippen molar-refractivity contribution in [3.05, 3.63) is 79.6 Å². The van der Waals surface area contributed by atoms with E-state index in [1.807, 2.05) is 0 Å². The third-order valence-electron chi connectivity index (χ3n) is 4.43. The summed E-state index contributed by atoms with van der Waals surface area (Å²) in [7, 11) is 0. The van der Waals surface area contributed by atoms with Crippen molar-refractivity contribution in [2.45, 2.75) is 25.7 Å². The Balaban J connectivity index is 1.65. The van der Waals surface area contributed by atoms with Gasteiger partial charge in [0.2, 0.25) is 0 Å². The second-order valence-corrected chi connectivity index (χ2v) is 6.91. The van der Waals surface area contributed by atoms with E-state index >= 15 is 0 Å². The van der Waals surface area contributed by atoms with Crippen LogP contribution in [-0.4, -0.2) is 38.4 Å². The molecule has 0 aliphatic rings. The van der Waals surface area contributed by atoms with Gasteiger partial charge in [0, 0.05) is 6.08 Å². The number of hydrogen-bond donors (Lipinski definition) is 0. The predicted molar refractivity (Wildman–Crippen MR) is 125 cm³/mol. The summed E-state index contributed by atoms with van der Waals surface area (Å²) in [6.07, 6.45) is 6.18. The van der Waals surface area contributed by atoms with Gasteiger partial charge in [0.05, 0.1) is 25.0 Å². The minimum atomic E-state index is -0.455. The molecule has 0 unspecified atom stereocenters. The summed E-state index contributed by atoms with van der Waals surface area (Å²) in [6, 6.07) is 13.6. The molecule has 0 aliphatic heterocycles. The number of esters is 2. The molecule has 33 heavy (non-hydrogen) atoms. The Morgan fingerprint density at radius 3 is 1.91 bits per heavy atom. The zero-order valence-corrected chi connectivity index (χ0v) is 18.7. The number of benzene rings is 2. The second-order valence-electron chi connectivity index (χ2n) is 6.91. The highest BCUT2D eigenvalue weighted by Crippen LogP contribution is 2.20. The average Bonchev–Trinajstić information content (AvgIpc) is 2.84. The number of ether oxygens (including phenoxy) is 5. The maximum absolute atomic E-state index is 12.3. The first-order valence-electron chi connectivity index (χ1n) is 10.8. The first kappa shape index (κ1) is 25.5. The molecule has 2 aromatic carbocycles. The van der Waals surface area contributed by atoms with Gasteiger partial charge >= 0.3 is 11.9 Å². The smallest absolute Gasteiger partial charge is 0.343 e. The molecule has 7 nitrogen and oxygen atoms in total. The molecular formula is C26H30O7. The van der Waals surface area contributed by atoms with Crippen LogP contribution in [0, 0.1) is 0 Å². The summed E-state index contributed by atoms with van der Waals surface area (Å²) in [6.45, 7) is 8.60. The predicted octanol–water partition coefficient (Wildman–Crippen LogP) is 5.11. The van der Waals surface area contributed by atoms with Gasteiger partial charge in [-0.05, 0) is 74.2 Å². The van der Waals surface area contributed by atoms with Crippen molar-refractivity contribution in [3.8, 4) is 17.2 Å². The van der Waals surface area contributed by atoms with E-state index in [2.05, 4.69) is 13.2 Å². The summed E-state index contributed by atoms with van der Waals surface area (Å²) in [4.78, 5) is 23.2. The van der Waals surface area contributed by atoms with Crippen LogP contribution in [-0.2, 0) is 14.3 Å². The molecule has 0 spiro atoms. The summed E-state index contributed by atoms with van der Waals surface area (Å²) in [5.41, 5.74) is 0.421. The topological polar surface area (TPSA) is 80.3 Å². The van der Waals surface area contributed by atoms with Gasteiger partial charge in [-0.1, -0.05) is 13.2 Å². The fourth-order valence-corrected chi connectivity index (χ4v) is 2.73. The van der Waals surface area contributed by atoms with Crippen molar-refractivity contribution in [2.24, 2.45) is 0 Å². The lowest BCUT2D eigenvalue weighted by molar-refractivity contribution is -0.137. The number of unbranched alkanes of at least 4 members (excludes halogenated alkanes) is 3. The molecule has 0 atom stereocenters. The monoisotopic (exact) mass is 454 g/mol. The minimum absolute atomic E-state index is 0.386. The van der Waals surface area contributed by atoms with Gasteiger partial charge in [-0.25, -0.2) is 9.59 Å². The van der Waals surface area contributed by atoms with Crippen LogP contribution in [0.3, 0.4) is 0 Å². The van der Waals surface area contributed by atoms with Crippen molar-refractivity contribution in [3.63, 3.8) is 0 Å². The van der Waals surface area contributed by atoms with Crippen LogP contribution in [0.1, 0.15) is 36.0 Å². The van der Waals surface area contributed by atoms with E-state index in [1.165, 1.54) is 6.26 Å². The van der Waals surface area contributed by atoms with Gasteiger partial charge < -0.3 is 23.7 Å². The fourth-order valence-electron chi connectivity index (χ4n) is 2.73. The van der Waals surface area contributed by atoms with Crippen molar-refractivity contribution in [2.75, 3.05) is 26.4 Å². The van der Waals surface area contributed by atoms with Crippen LogP contribution in [0.25, 0.3) is 0 Å². The molecule has 0 heterocycles. The normalized spacial score (nSPS) is 10.1. The quantitative estimate of drug-likeness (QED) is 0.115. The molecule has 7 heteroatoms. The lowest BCUT2D eigenvalue weighted by Gasteiger charge is -2.09. The highest BCUT2D eigenvalue weighted by atomic mass is 16.5. The number of hydrogen-bond acceptors (Lipinski definition) is 7. The molecule has 0 radical (unpaired) electrons. The SMILES string of the molecule is C=COCCOc1ccc(C(=O)Oc2ccc(OCCCCCCOC(=O)C=C)cc2)cc1. The second kappa shape index (κ2) is 15.1. The van der Waals surface area contributed by atoms with E-state index in [1.54, 1.807) is 48.5 Å². The van der Waals surface area contributed by atoms with Gasteiger partial charge in [0.25, 0.3) is 0 Å². The van der Waals surface area contributed by atoms with E-state index in [0.29, 0.717) is 49.2 Å². The molecule has 0 aliphatic carbocycles. The average molecular weight is 455 g/mol. The third kappa shape index (κ3) is 10.4. The Morgan fingerprint density at radius 2 is 1.27 bits per heavy atom. The largest absolute Gasteiger partial charge is 0.498 e. The van der Waals surface area contributed by atoms with Gasteiger partial charge in [0.15, 0.2) is 0 Å². The lowest BCUT2D eigenvalue weighted by Crippen LogP contribution is -2.09. The molecule has 2 rings (SSSR count).